The van der Waals surface area contributed by atoms with E-state index in [0.717, 1.165) is 4.31 Å². The Kier molecular flexibility index (Phi) is 6.41. The highest BCUT2D eigenvalue weighted by Gasteiger charge is 2.20. The van der Waals surface area contributed by atoms with E-state index in [-0.39, 0.29) is 21.0 Å². The molecule has 0 amide bonds. The number of hydrogen-bond donors (Lipinski definition) is 0. The van der Waals surface area contributed by atoms with Gasteiger partial charge in [0.25, 0.3) is 0 Å². The fourth-order valence-corrected chi connectivity index (χ4v) is 3.46. The van der Waals surface area contributed by atoms with Gasteiger partial charge in [-0.2, -0.15) is 0 Å². The van der Waals surface area contributed by atoms with Gasteiger partial charge >= 0.3 is 5.97 Å². The molecule has 0 saturated carbocycles. The van der Waals surface area contributed by atoms with Gasteiger partial charge in [0.15, 0.2) is 6.61 Å². The standard InChI is InChI=1S/C17H15Cl2NO5S/c1-20(2)26(23,24)13-5-3-4-11(8-13)17(22)25-10-16(21)14-7-6-12(18)9-15(14)19/h3-9H,10H2,1-2H3. The van der Waals surface area contributed by atoms with Crippen LogP contribution in [0.2, 0.25) is 10.0 Å². The lowest BCUT2D eigenvalue weighted by molar-refractivity contribution is 0.0474. The summed E-state index contributed by atoms with van der Waals surface area (Å²) in [5.41, 5.74) is 0.190. The Morgan fingerprint density at radius 1 is 1.08 bits per heavy atom. The summed E-state index contributed by atoms with van der Waals surface area (Å²) in [6.45, 7) is -0.537. The first-order chi connectivity index (χ1) is 12.1. The summed E-state index contributed by atoms with van der Waals surface area (Å²) in [4.78, 5) is 24.2. The molecule has 0 bridgehead atoms. The predicted octanol–water partition coefficient (Wildman–Crippen LogP) is 3.28. The van der Waals surface area contributed by atoms with E-state index < -0.39 is 28.4 Å². The number of sulfonamides is 1. The van der Waals surface area contributed by atoms with E-state index in [1.165, 1.54) is 56.6 Å². The zero-order valence-corrected chi connectivity index (χ0v) is 16.2. The highest BCUT2D eigenvalue weighted by atomic mass is 35.5. The molecule has 0 aliphatic heterocycles. The number of benzene rings is 2. The number of ketones is 1. The second-order valence-electron chi connectivity index (χ2n) is 5.44. The van der Waals surface area contributed by atoms with Gasteiger partial charge in [-0.1, -0.05) is 29.3 Å². The first kappa shape index (κ1) is 20.4. The van der Waals surface area contributed by atoms with Crippen molar-refractivity contribution in [3.8, 4) is 0 Å². The summed E-state index contributed by atoms with van der Waals surface area (Å²) < 4.78 is 30.2. The van der Waals surface area contributed by atoms with Gasteiger partial charge in [-0.15, -0.1) is 0 Å². The lowest BCUT2D eigenvalue weighted by Gasteiger charge is -2.12. The second-order valence-corrected chi connectivity index (χ2v) is 8.43. The molecule has 0 fully saturated rings. The van der Waals surface area contributed by atoms with E-state index in [2.05, 4.69) is 0 Å². The summed E-state index contributed by atoms with van der Waals surface area (Å²) in [6.07, 6.45) is 0. The number of carbonyl (C=O) groups is 2. The van der Waals surface area contributed by atoms with Crippen LogP contribution < -0.4 is 0 Å². The van der Waals surface area contributed by atoms with Crippen molar-refractivity contribution in [1.82, 2.24) is 4.31 Å². The number of hydrogen-bond acceptors (Lipinski definition) is 5. The first-order valence-electron chi connectivity index (χ1n) is 7.31. The van der Waals surface area contributed by atoms with Gasteiger partial charge < -0.3 is 4.74 Å². The van der Waals surface area contributed by atoms with Crippen LogP contribution in [0.4, 0.5) is 0 Å². The number of rotatable bonds is 6. The van der Waals surface area contributed by atoms with Crippen LogP contribution in [0.3, 0.4) is 0 Å². The third kappa shape index (κ3) is 4.62. The third-order valence-corrected chi connectivity index (χ3v) is 5.77. The van der Waals surface area contributed by atoms with Gasteiger partial charge in [0.1, 0.15) is 0 Å². The molecule has 2 aromatic rings. The van der Waals surface area contributed by atoms with Crippen molar-refractivity contribution in [1.29, 1.82) is 0 Å². The Labute approximate surface area is 161 Å². The molecule has 6 nitrogen and oxygen atoms in total. The maximum absolute atomic E-state index is 12.1. The topological polar surface area (TPSA) is 80.8 Å². The molecular weight excluding hydrogens is 401 g/mol. The van der Waals surface area contributed by atoms with Crippen LogP contribution >= 0.6 is 23.2 Å². The van der Waals surface area contributed by atoms with Crippen LogP contribution in [-0.2, 0) is 14.8 Å². The van der Waals surface area contributed by atoms with Crippen molar-refractivity contribution in [3.05, 3.63) is 63.6 Å². The SMILES string of the molecule is CN(C)S(=O)(=O)c1cccc(C(=O)OCC(=O)c2ccc(Cl)cc2Cl)c1. The smallest absolute Gasteiger partial charge is 0.338 e. The summed E-state index contributed by atoms with van der Waals surface area (Å²) in [6, 6.07) is 9.72. The molecule has 0 N–H and O–H groups in total. The minimum Gasteiger partial charge on any atom is -0.454 e. The molecule has 2 rings (SSSR count). The van der Waals surface area contributed by atoms with E-state index in [4.69, 9.17) is 27.9 Å². The predicted molar refractivity (Wildman–Crippen MR) is 98.4 cm³/mol. The molecule has 0 heterocycles. The molecule has 0 aliphatic carbocycles. The zero-order chi connectivity index (χ0) is 19.5. The Balaban J connectivity index is 2.12. The molecule has 9 heteroatoms. The van der Waals surface area contributed by atoms with Gasteiger partial charge in [0.05, 0.1) is 15.5 Å². The average molecular weight is 416 g/mol. The molecule has 2 aromatic carbocycles. The molecule has 0 aliphatic rings. The first-order valence-corrected chi connectivity index (χ1v) is 9.50. The van der Waals surface area contributed by atoms with E-state index >= 15 is 0 Å². The van der Waals surface area contributed by atoms with Gasteiger partial charge in [-0.25, -0.2) is 17.5 Å². The van der Waals surface area contributed by atoms with Crippen LogP contribution in [0, 0.1) is 0 Å². The number of esters is 1. The largest absolute Gasteiger partial charge is 0.454 e. The Morgan fingerprint density at radius 3 is 2.38 bits per heavy atom. The molecule has 26 heavy (non-hydrogen) atoms. The number of Topliss-reactive ketones (excluding diaryl/α,β-unsaturated/α-hetero) is 1. The van der Waals surface area contributed by atoms with Crippen molar-refractivity contribution in [2.24, 2.45) is 0 Å². The molecule has 0 atom stereocenters. The van der Waals surface area contributed by atoms with Gasteiger partial charge in [-0.3, -0.25) is 4.79 Å². The van der Waals surface area contributed by atoms with Crippen LogP contribution in [0.1, 0.15) is 20.7 Å². The molecule has 0 spiro atoms. The van der Waals surface area contributed by atoms with E-state index in [1.54, 1.807) is 0 Å². The summed E-state index contributed by atoms with van der Waals surface area (Å²) in [5, 5.41) is 0.528. The van der Waals surface area contributed by atoms with Crippen molar-refractivity contribution in [2.75, 3.05) is 20.7 Å². The molecule has 0 unspecified atom stereocenters. The Bertz CT molecular complexity index is 957. The maximum Gasteiger partial charge on any atom is 0.338 e. The van der Waals surface area contributed by atoms with Crippen molar-refractivity contribution >= 4 is 45.0 Å². The number of carbonyl (C=O) groups excluding carboxylic acids is 2. The monoisotopic (exact) mass is 415 g/mol. The average Bonchev–Trinajstić information content (AvgIpc) is 2.59. The second kappa shape index (κ2) is 8.18. The van der Waals surface area contributed by atoms with Crippen LogP contribution in [0.15, 0.2) is 47.4 Å². The molecule has 0 radical (unpaired) electrons. The van der Waals surface area contributed by atoms with Gasteiger partial charge in [-0.05, 0) is 36.4 Å². The number of nitrogens with zero attached hydrogens (tertiary/aromatic N) is 1. The number of ether oxygens (including phenoxy) is 1. The van der Waals surface area contributed by atoms with Crippen molar-refractivity contribution < 1.29 is 22.7 Å². The minimum atomic E-state index is -3.69. The quantitative estimate of drug-likeness (QED) is 0.533. The third-order valence-electron chi connectivity index (χ3n) is 3.41. The highest BCUT2D eigenvalue weighted by Crippen LogP contribution is 2.21. The van der Waals surface area contributed by atoms with Crippen LogP contribution in [-0.4, -0.2) is 45.2 Å². The van der Waals surface area contributed by atoms with Crippen molar-refractivity contribution in [3.63, 3.8) is 0 Å². The molecule has 0 aromatic heterocycles. The zero-order valence-electron chi connectivity index (χ0n) is 13.9. The van der Waals surface area contributed by atoms with E-state index in [0.29, 0.717) is 5.02 Å². The summed E-state index contributed by atoms with van der Waals surface area (Å²) in [7, 11) is -0.921. The lowest BCUT2D eigenvalue weighted by Crippen LogP contribution is -2.22. The summed E-state index contributed by atoms with van der Waals surface area (Å²) >= 11 is 11.7. The lowest BCUT2D eigenvalue weighted by atomic mass is 10.1. The fraction of sp³-hybridized carbons (Fsp3) is 0.176. The molecule has 138 valence electrons. The number of halogens is 2. The van der Waals surface area contributed by atoms with Crippen molar-refractivity contribution in [2.45, 2.75) is 4.90 Å². The van der Waals surface area contributed by atoms with E-state index in [1.807, 2.05) is 0 Å². The molecular formula is C17H15Cl2NO5S. The van der Waals surface area contributed by atoms with Crippen LogP contribution in [0.5, 0.6) is 0 Å². The Hall–Kier alpha value is -1.93. The summed E-state index contributed by atoms with van der Waals surface area (Å²) in [5.74, 6) is -1.32. The van der Waals surface area contributed by atoms with Gasteiger partial charge in [0.2, 0.25) is 15.8 Å². The normalized spacial score (nSPS) is 11.4. The maximum atomic E-state index is 12.1. The van der Waals surface area contributed by atoms with Gasteiger partial charge in [0, 0.05) is 24.7 Å². The fourth-order valence-electron chi connectivity index (χ4n) is 2.00. The van der Waals surface area contributed by atoms with E-state index in [9.17, 15) is 18.0 Å². The van der Waals surface area contributed by atoms with Crippen LogP contribution in [0.25, 0.3) is 0 Å². The highest BCUT2D eigenvalue weighted by molar-refractivity contribution is 7.89. The Morgan fingerprint density at radius 2 is 1.77 bits per heavy atom. The molecule has 0 saturated heterocycles. The minimum absolute atomic E-state index is 0.0166.